The summed E-state index contributed by atoms with van der Waals surface area (Å²) in [5.74, 6) is -1.88. The molecule has 1 rings (SSSR count). The van der Waals surface area contributed by atoms with Crippen LogP contribution < -0.4 is 10.6 Å². The van der Waals surface area contributed by atoms with E-state index in [9.17, 15) is 14.4 Å². The maximum Gasteiger partial charge on any atom is 0.326 e. The summed E-state index contributed by atoms with van der Waals surface area (Å²) in [7, 11) is 1.71. The van der Waals surface area contributed by atoms with E-state index in [0.29, 0.717) is 12.1 Å². The minimum atomic E-state index is -1.08. The second kappa shape index (κ2) is 7.98. The molecule has 1 aromatic heterocycles. The fourth-order valence-electron chi connectivity index (χ4n) is 1.94. The molecule has 0 aliphatic rings. The number of aromatic nitrogens is 1. The van der Waals surface area contributed by atoms with Crippen LogP contribution in [0.15, 0.2) is 16.7 Å². The van der Waals surface area contributed by atoms with Gasteiger partial charge in [0.25, 0.3) is 5.91 Å². The first kappa shape index (κ1) is 18.2. The highest BCUT2D eigenvalue weighted by molar-refractivity contribution is 9.10. The van der Waals surface area contributed by atoms with Crippen molar-refractivity contribution in [1.82, 2.24) is 15.2 Å². The molecule has 0 aliphatic carbocycles. The van der Waals surface area contributed by atoms with E-state index in [-0.39, 0.29) is 12.5 Å². The highest BCUT2D eigenvalue weighted by atomic mass is 79.9. The number of aryl methyl sites for hydroxylation is 1. The van der Waals surface area contributed by atoms with Gasteiger partial charge >= 0.3 is 5.97 Å². The van der Waals surface area contributed by atoms with Crippen molar-refractivity contribution < 1.29 is 19.5 Å². The van der Waals surface area contributed by atoms with Gasteiger partial charge < -0.3 is 20.3 Å². The fourth-order valence-corrected chi connectivity index (χ4v) is 2.46. The summed E-state index contributed by atoms with van der Waals surface area (Å²) in [6.07, 6.45) is 2.05. The Labute approximate surface area is 137 Å². The van der Waals surface area contributed by atoms with Gasteiger partial charge in [-0.15, -0.1) is 0 Å². The van der Waals surface area contributed by atoms with E-state index < -0.39 is 23.8 Å². The largest absolute Gasteiger partial charge is 0.480 e. The van der Waals surface area contributed by atoms with Gasteiger partial charge in [-0.3, -0.25) is 9.59 Å². The van der Waals surface area contributed by atoms with Crippen molar-refractivity contribution in [2.75, 3.05) is 6.54 Å². The summed E-state index contributed by atoms with van der Waals surface area (Å²) in [6, 6.07) is 0.681. The second-order valence-corrected chi connectivity index (χ2v) is 6.34. The molecule has 122 valence electrons. The fraction of sp³-hybridized carbons (Fsp3) is 0.500. The van der Waals surface area contributed by atoms with Gasteiger partial charge in [0.15, 0.2) is 0 Å². The van der Waals surface area contributed by atoms with Crippen LogP contribution in [0.25, 0.3) is 0 Å². The molecule has 0 saturated carbocycles. The van der Waals surface area contributed by atoms with Crippen LogP contribution in [0, 0.1) is 5.92 Å². The quantitative estimate of drug-likeness (QED) is 0.666. The lowest BCUT2D eigenvalue weighted by Gasteiger charge is -2.16. The van der Waals surface area contributed by atoms with E-state index in [2.05, 4.69) is 26.6 Å². The summed E-state index contributed by atoms with van der Waals surface area (Å²) in [5, 5.41) is 13.9. The standard InChI is InChI=1S/C14H20BrN3O4/c1-8(2)4-10(14(21)22)17-12(19)6-16-13(20)11-5-9(15)7-18(11)3/h5,7-8,10H,4,6H2,1-3H3,(H,16,20)(H,17,19)(H,21,22)/t10-/m0/s1. The van der Waals surface area contributed by atoms with Crippen LogP contribution in [0.1, 0.15) is 30.8 Å². The number of carboxylic acids is 1. The Bertz CT molecular complexity index is 568. The molecular formula is C14H20BrN3O4. The molecule has 0 fully saturated rings. The second-order valence-electron chi connectivity index (χ2n) is 5.43. The van der Waals surface area contributed by atoms with Crippen LogP contribution >= 0.6 is 15.9 Å². The van der Waals surface area contributed by atoms with Crippen LogP contribution in [0.3, 0.4) is 0 Å². The molecule has 7 nitrogen and oxygen atoms in total. The Kier molecular flexibility index (Phi) is 6.61. The van der Waals surface area contributed by atoms with Crippen molar-refractivity contribution in [1.29, 1.82) is 0 Å². The highest BCUT2D eigenvalue weighted by Gasteiger charge is 2.21. The van der Waals surface area contributed by atoms with Crippen LogP contribution in [0.4, 0.5) is 0 Å². The summed E-state index contributed by atoms with van der Waals surface area (Å²) >= 11 is 3.26. The molecule has 1 heterocycles. The summed E-state index contributed by atoms with van der Waals surface area (Å²) in [5.41, 5.74) is 0.400. The maximum atomic E-state index is 11.9. The Hall–Kier alpha value is -1.83. The predicted molar refractivity (Wildman–Crippen MR) is 84.5 cm³/mol. The summed E-state index contributed by atoms with van der Waals surface area (Å²) in [6.45, 7) is 3.47. The molecule has 0 aromatic carbocycles. The first-order valence-electron chi connectivity index (χ1n) is 6.83. The molecule has 3 N–H and O–H groups in total. The maximum absolute atomic E-state index is 11.9. The lowest BCUT2D eigenvalue weighted by molar-refractivity contribution is -0.142. The first-order chi connectivity index (χ1) is 10.2. The number of carboxylic acid groups (broad SMARTS) is 1. The molecular weight excluding hydrogens is 354 g/mol. The van der Waals surface area contributed by atoms with E-state index in [1.165, 1.54) is 0 Å². The third-order valence-corrected chi connectivity index (χ3v) is 3.39. The molecule has 1 aromatic rings. The van der Waals surface area contributed by atoms with Crippen molar-refractivity contribution in [2.45, 2.75) is 26.3 Å². The smallest absolute Gasteiger partial charge is 0.326 e. The molecule has 22 heavy (non-hydrogen) atoms. The molecule has 0 radical (unpaired) electrons. The van der Waals surface area contributed by atoms with Crippen molar-refractivity contribution in [3.05, 3.63) is 22.4 Å². The van der Waals surface area contributed by atoms with Gasteiger partial charge in [0.2, 0.25) is 5.91 Å². The number of rotatable bonds is 7. The zero-order valence-corrected chi connectivity index (χ0v) is 14.3. The average molecular weight is 374 g/mol. The van der Waals surface area contributed by atoms with Crippen LogP contribution in [0.2, 0.25) is 0 Å². The van der Waals surface area contributed by atoms with Gasteiger partial charge in [0.1, 0.15) is 11.7 Å². The molecule has 2 amide bonds. The zero-order valence-electron chi connectivity index (χ0n) is 12.7. The molecule has 0 aliphatic heterocycles. The van der Waals surface area contributed by atoms with Crippen LogP contribution in [-0.4, -0.2) is 40.0 Å². The number of nitrogens with zero attached hydrogens (tertiary/aromatic N) is 1. The van der Waals surface area contributed by atoms with Crippen molar-refractivity contribution in [3.63, 3.8) is 0 Å². The summed E-state index contributed by atoms with van der Waals surface area (Å²) in [4.78, 5) is 34.8. The van der Waals surface area contributed by atoms with Gasteiger partial charge in [0, 0.05) is 17.7 Å². The van der Waals surface area contributed by atoms with E-state index in [1.807, 2.05) is 13.8 Å². The number of carbonyl (C=O) groups is 3. The van der Waals surface area contributed by atoms with E-state index in [0.717, 1.165) is 4.47 Å². The number of hydrogen-bond donors (Lipinski definition) is 3. The number of carbonyl (C=O) groups excluding carboxylic acids is 2. The minimum Gasteiger partial charge on any atom is -0.480 e. The molecule has 0 spiro atoms. The van der Waals surface area contributed by atoms with Gasteiger partial charge in [-0.05, 0) is 34.3 Å². The summed E-state index contributed by atoms with van der Waals surface area (Å²) < 4.78 is 2.38. The van der Waals surface area contributed by atoms with Crippen LogP contribution in [0.5, 0.6) is 0 Å². The van der Waals surface area contributed by atoms with Gasteiger partial charge in [-0.2, -0.15) is 0 Å². The molecule has 0 bridgehead atoms. The van der Waals surface area contributed by atoms with Gasteiger partial charge in [0.05, 0.1) is 6.54 Å². The molecule has 0 saturated heterocycles. The minimum absolute atomic E-state index is 0.136. The van der Waals surface area contributed by atoms with E-state index in [1.54, 1.807) is 23.9 Å². The normalized spacial score (nSPS) is 12.0. The van der Waals surface area contributed by atoms with Crippen molar-refractivity contribution in [3.8, 4) is 0 Å². The Balaban J connectivity index is 2.53. The molecule has 0 unspecified atom stereocenters. The van der Waals surface area contributed by atoms with Crippen molar-refractivity contribution >= 4 is 33.7 Å². The molecule has 1 atom stereocenters. The lowest BCUT2D eigenvalue weighted by Crippen LogP contribution is -2.46. The third-order valence-electron chi connectivity index (χ3n) is 2.95. The Morgan fingerprint density at radius 1 is 1.36 bits per heavy atom. The van der Waals surface area contributed by atoms with E-state index in [4.69, 9.17) is 5.11 Å². The van der Waals surface area contributed by atoms with Crippen LogP contribution in [-0.2, 0) is 16.6 Å². The van der Waals surface area contributed by atoms with Gasteiger partial charge in [-0.1, -0.05) is 13.8 Å². The highest BCUT2D eigenvalue weighted by Crippen LogP contribution is 2.13. The Morgan fingerprint density at radius 3 is 2.45 bits per heavy atom. The number of amides is 2. The SMILES string of the molecule is CC(C)C[C@H](NC(=O)CNC(=O)c1cc(Br)cn1C)C(=O)O. The zero-order chi connectivity index (χ0) is 16.9. The topological polar surface area (TPSA) is 100 Å². The van der Waals surface area contributed by atoms with Gasteiger partial charge in [-0.25, -0.2) is 4.79 Å². The number of nitrogens with one attached hydrogen (secondary N) is 2. The average Bonchev–Trinajstić information content (AvgIpc) is 2.73. The predicted octanol–water partition coefficient (Wildman–Crippen LogP) is 1.13. The van der Waals surface area contributed by atoms with E-state index >= 15 is 0 Å². The lowest BCUT2D eigenvalue weighted by atomic mass is 10.0. The third kappa shape index (κ3) is 5.51. The monoisotopic (exact) mass is 373 g/mol. The number of hydrogen-bond acceptors (Lipinski definition) is 3. The first-order valence-corrected chi connectivity index (χ1v) is 7.62. The van der Waals surface area contributed by atoms with Crippen molar-refractivity contribution in [2.24, 2.45) is 13.0 Å². The number of halogens is 1. The molecule has 8 heteroatoms. The number of aliphatic carboxylic acids is 1. The Morgan fingerprint density at radius 2 is 2.00 bits per heavy atom.